The molecule has 1 unspecified atom stereocenters. The van der Waals surface area contributed by atoms with Crippen molar-refractivity contribution < 1.29 is 0 Å². The van der Waals surface area contributed by atoms with E-state index in [-0.39, 0.29) is 0 Å². The zero-order chi connectivity index (χ0) is 19.7. The fraction of sp³-hybridized carbons (Fsp3) is 0.318. The minimum atomic E-state index is 0.421. The van der Waals surface area contributed by atoms with E-state index in [4.69, 9.17) is 4.99 Å². The quantitative estimate of drug-likeness (QED) is 0.598. The number of aromatic nitrogens is 3. The van der Waals surface area contributed by atoms with Gasteiger partial charge in [0.05, 0.1) is 11.4 Å². The van der Waals surface area contributed by atoms with Crippen LogP contribution in [0.1, 0.15) is 36.1 Å². The van der Waals surface area contributed by atoms with E-state index >= 15 is 0 Å². The number of fused-ring (bicyclic) bond motifs is 3. The van der Waals surface area contributed by atoms with Crippen LogP contribution >= 0.6 is 15.9 Å². The standard InChI is InChI=1S/C22H24BrN5/c1-4-17(27(2)3)13-20-25-26-21-14-24-22(15-8-6-5-7-9-15)18-12-16(23)10-11-19(18)28(20)21/h5-12,17H,4,13-14H2,1-3H3. The summed E-state index contributed by atoms with van der Waals surface area (Å²) in [5.74, 6) is 1.88. The Kier molecular flexibility index (Phi) is 5.42. The van der Waals surface area contributed by atoms with E-state index in [1.54, 1.807) is 0 Å². The summed E-state index contributed by atoms with van der Waals surface area (Å²) >= 11 is 3.63. The highest BCUT2D eigenvalue weighted by molar-refractivity contribution is 9.10. The highest BCUT2D eigenvalue weighted by Crippen LogP contribution is 2.29. The lowest BCUT2D eigenvalue weighted by atomic mass is 10.0. The molecule has 0 N–H and O–H groups in total. The molecule has 0 saturated carbocycles. The highest BCUT2D eigenvalue weighted by atomic mass is 79.9. The van der Waals surface area contributed by atoms with Crippen LogP contribution in [0.3, 0.4) is 0 Å². The third-order valence-electron chi connectivity index (χ3n) is 5.30. The number of hydrogen-bond donors (Lipinski definition) is 0. The maximum absolute atomic E-state index is 4.93. The molecule has 0 amide bonds. The summed E-state index contributed by atoms with van der Waals surface area (Å²) in [6, 6.07) is 17.1. The van der Waals surface area contributed by atoms with Crippen molar-refractivity contribution in [2.45, 2.75) is 32.4 Å². The van der Waals surface area contributed by atoms with Crippen LogP contribution in [-0.4, -0.2) is 45.5 Å². The molecule has 0 saturated heterocycles. The van der Waals surface area contributed by atoms with Crippen molar-refractivity contribution in [2.75, 3.05) is 14.1 Å². The van der Waals surface area contributed by atoms with Crippen LogP contribution in [-0.2, 0) is 13.0 Å². The first-order valence-electron chi connectivity index (χ1n) is 9.58. The third kappa shape index (κ3) is 3.54. The number of benzene rings is 2. The number of aliphatic imine (C=N–C) groups is 1. The van der Waals surface area contributed by atoms with Crippen molar-refractivity contribution in [1.82, 2.24) is 19.7 Å². The Labute approximate surface area is 174 Å². The normalized spacial score (nSPS) is 14.2. The van der Waals surface area contributed by atoms with Crippen LogP contribution in [0, 0.1) is 0 Å². The van der Waals surface area contributed by atoms with Gasteiger partial charge in [0, 0.05) is 28.1 Å². The van der Waals surface area contributed by atoms with Crippen molar-refractivity contribution in [3.8, 4) is 5.69 Å². The third-order valence-corrected chi connectivity index (χ3v) is 5.79. The van der Waals surface area contributed by atoms with Crippen molar-refractivity contribution >= 4 is 21.6 Å². The van der Waals surface area contributed by atoms with E-state index in [9.17, 15) is 0 Å². The lowest BCUT2D eigenvalue weighted by Crippen LogP contribution is -2.30. The van der Waals surface area contributed by atoms with Crippen LogP contribution in [0.5, 0.6) is 0 Å². The van der Waals surface area contributed by atoms with Crippen molar-refractivity contribution in [3.63, 3.8) is 0 Å². The number of halogens is 1. The number of likely N-dealkylation sites (N-methyl/N-ethyl adjacent to an activating group) is 1. The summed E-state index contributed by atoms with van der Waals surface area (Å²) in [6.07, 6.45) is 1.92. The molecule has 144 valence electrons. The molecule has 0 bridgehead atoms. The Balaban J connectivity index is 1.85. The van der Waals surface area contributed by atoms with E-state index in [2.05, 4.69) is 99.1 Å². The summed E-state index contributed by atoms with van der Waals surface area (Å²) in [5.41, 5.74) is 4.29. The second kappa shape index (κ2) is 7.97. The second-order valence-electron chi connectivity index (χ2n) is 7.29. The van der Waals surface area contributed by atoms with Gasteiger partial charge in [0.1, 0.15) is 12.4 Å². The van der Waals surface area contributed by atoms with Crippen LogP contribution in [0.15, 0.2) is 58.0 Å². The Bertz CT molecular complexity index is 1010. The Morgan fingerprint density at radius 2 is 1.89 bits per heavy atom. The lowest BCUT2D eigenvalue weighted by molar-refractivity contribution is 0.280. The molecule has 3 aromatic rings. The van der Waals surface area contributed by atoms with E-state index in [1.807, 2.05) is 6.07 Å². The molecule has 0 spiro atoms. The zero-order valence-corrected chi connectivity index (χ0v) is 18.0. The lowest BCUT2D eigenvalue weighted by Gasteiger charge is -2.23. The first-order valence-corrected chi connectivity index (χ1v) is 10.4. The van der Waals surface area contributed by atoms with Crippen molar-refractivity contribution in [3.05, 3.63) is 75.8 Å². The van der Waals surface area contributed by atoms with E-state index in [1.165, 1.54) is 0 Å². The molecule has 0 fully saturated rings. The van der Waals surface area contributed by atoms with Gasteiger partial charge in [-0.05, 0) is 38.7 Å². The van der Waals surface area contributed by atoms with Crippen LogP contribution in [0.4, 0.5) is 0 Å². The fourth-order valence-corrected chi connectivity index (χ4v) is 4.10. The average Bonchev–Trinajstić information content (AvgIpc) is 3.02. The number of nitrogens with zero attached hydrogens (tertiary/aromatic N) is 5. The molecule has 2 heterocycles. The highest BCUT2D eigenvalue weighted by Gasteiger charge is 2.24. The predicted octanol–water partition coefficient (Wildman–Crippen LogP) is 4.26. The topological polar surface area (TPSA) is 46.3 Å². The van der Waals surface area contributed by atoms with Gasteiger partial charge in [-0.2, -0.15) is 0 Å². The molecule has 2 aromatic carbocycles. The van der Waals surface area contributed by atoms with Crippen molar-refractivity contribution in [2.24, 2.45) is 4.99 Å². The van der Waals surface area contributed by atoms with Gasteiger partial charge in [0.15, 0.2) is 5.82 Å². The molecule has 1 aromatic heterocycles. The molecule has 6 heteroatoms. The smallest absolute Gasteiger partial charge is 0.159 e. The molecule has 4 rings (SSSR count). The molecule has 5 nitrogen and oxygen atoms in total. The van der Waals surface area contributed by atoms with Gasteiger partial charge in [0.2, 0.25) is 0 Å². The predicted molar refractivity (Wildman–Crippen MR) is 116 cm³/mol. The van der Waals surface area contributed by atoms with Gasteiger partial charge in [-0.1, -0.05) is 53.2 Å². The Hall–Kier alpha value is -2.31. The average molecular weight is 438 g/mol. The van der Waals surface area contributed by atoms with Gasteiger partial charge in [-0.25, -0.2) is 0 Å². The summed E-state index contributed by atoms with van der Waals surface area (Å²) in [4.78, 5) is 7.18. The van der Waals surface area contributed by atoms with E-state index in [0.29, 0.717) is 12.6 Å². The molecular weight excluding hydrogens is 414 g/mol. The monoisotopic (exact) mass is 437 g/mol. The van der Waals surface area contributed by atoms with Gasteiger partial charge < -0.3 is 4.90 Å². The first-order chi connectivity index (χ1) is 13.6. The fourth-order valence-electron chi connectivity index (χ4n) is 3.74. The molecular formula is C22H24BrN5. The maximum atomic E-state index is 4.93. The summed E-state index contributed by atoms with van der Waals surface area (Å²) in [7, 11) is 4.24. The van der Waals surface area contributed by atoms with Crippen LogP contribution in [0.25, 0.3) is 5.69 Å². The minimum absolute atomic E-state index is 0.421. The van der Waals surface area contributed by atoms with Crippen LogP contribution < -0.4 is 0 Å². The molecule has 1 aliphatic heterocycles. The largest absolute Gasteiger partial charge is 0.306 e. The summed E-state index contributed by atoms with van der Waals surface area (Å²) < 4.78 is 3.24. The zero-order valence-electron chi connectivity index (χ0n) is 16.4. The van der Waals surface area contributed by atoms with E-state index in [0.717, 1.165) is 51.5 Å². The van der Waals surface area contributed by atoms with Gasteiger partial charge >= 0.3 is 0 Å². The second-order valence-corrected chi connectivity index (χ2v) is 8.21. The number of hydrogen-bond acceptors (Lipinski definition) is 4. The number of rotatable bonds is 5. The van der Waals surface area contributed by atoms with Gasteiger partial charge in [-0.15, -0.1) is 10.2 Å². The molecule has 0 radical (unpaired) electrons. The molecule has 0 aliphatic carbocycles. The van der Waals surface area contributed by atoms with Crippen LogP contribution in [0.2, 0.25) is 0 Å². The van der Waals surface area contributed by atoms with Gasteiger partial charge in [0.25, 0.3) is 0 Å². The Morgan fingerprint density at radius 1 is 1.11 bits per heavy atom. The summed E-state index contributed by atoms with van der Waals surface area (Å²) in [5, 5.41) is 9.02. The Morgan fingerprint density at radius 3 is 2.61 bits per heavy atom. The van der Waals surface area contributed by atoms with Crippen molar-refractivity contribution in [1.29, 1.82) is 0 Å². The first kappa shape index (κ1) is 19.0. The van der Waals surface area contributed by atoms with E-state index < -0.39 is 0 Å². The SMILES string of the molecule is CCC(Cc1nnc2n1-c1ccc(Br)cc1C(c1ccccc1)=NC2)N(C)C. The molecule has 1 aliphatic rings. The molecule has 28 heavy (non-hydrogen) atoms. The maximum Gasteiger partial charge on any atom is 0.159 e. The van der Waals surface area contributed by atoms with Gasteiger partial charge in [-0.3, -0.25) is 9.56 Å². The minimum Gasteiger partial charge on any atom is -0.306 e. The summed E-state index contributed by atoms with van der Waals surface area (Å²) in [6.45, 7) is 2.73. The molecule has 1 atom stereocenters.